The van der Waals surface area contributed by atoms with E-state index >= 15 is 0 Å². The van der Waals surface area contributed by atoms with E-state index in [0.29, 0.717) is 28.8 Å². The van der Waals surface area contributed by atoms with Gasteiger partial charge in [-0.1, -0.05) is 27.2 Å². The summed E-state index contributed by atoms with van der Waals surface area (Å²) in [6.07, 6.45) is 0. The summed E-state index contributed by atoms with van der Waals surface area (Å²) in [6, 6.07) is 11.1. The Morgan fingerprint density at radius 3 is 2.79 bits per heavy atom. The van der Waals surface area contributed by atoms with Crippen molar-refractivity contribution in [2.24, 2.45) is 0 Å². The van der Waals surface area contributed by atoms with Crippen molar-refractivity contribution in [1.29, 1.82) is 0 Å². The van der Waals surface area contributed by atoms with E-state index in [0.717, 1.165) is 4.47 Å². The highest BCUT2D eigenvalue weighted by Crippen LogP contribution is 2.35. The van der Waals surface area contributed by atoms with Gasteiger partial charge in [0.1, 0.15) is 5.75 Å². The number of nitrogens with zero attached hydrogens (tertiary/aromatic N) is 3. The first-order valence-electron chi connectivity index (χ1n) is 8.46. The lowest BCUT2D eigenvalue weighted by atomic mass is 10.2. The Morgan fingerprint density at radius 2 is 2.07 bits per heavy atom. The van der Waals surface area contributed by atoms with Gasteiger partial charge in [-0.15, -0.1) is 0 Å². The van der Waals surface area contributed by atoms with E-state index in [9.17, 15) is 13.2 Å². The maximum Gasteiger partial charge on any atom is 0.265 e. The van der Waals surface area contributed by atoms with Gasteiger partial charge in [0.05, 0.1) is 17.1 Å². The first-order chi connectivity index (χ1) is 13.8. The van der Waals surface area contributed by atoms with Crippen molar-refractivity contribution < 1.29 is 22.5 Å². The number of carbonyl (C=O) groups is 1. The third-order valence-corrected chi connectivity index (χ3v) is 6.00. The summed E-state index contributed by atoms with van der Waals surface area (Å²) in [5, 5.41) is 3.80. The molecule has 150 valence electrons. The largest absolute Gasteiger partial charge is 0.482 e. The quantitative estimate of drug-likeness (QED) is 0.599. The SMILES string of the molecule is Cc1nc(CN2C(=O)COc3ccc(S(=O)(=O)Nc4cccc(Br)c4)cc32)no1. The number of fused-ring (bicyclic) bond motifs is 1. The van der Waals surface area contributed by atoms with Crippen LogP contribution in [0.3, 0.4) is 0 Å². The molecule has 1 amide bonds. The van der Waals surface area contributed by atoms with Crippen LogP contribution in [0, 0.1) is 6.92 Å². The van der Waals surface area contributed by atoms with Gasteiger partial charge in [0, 0.05) is 17.1 Å². The topological polar surface area (TPSA) is 115 Å². The number of benzene rings is 2. The van der Waals surface area contributed by atoms with Crippen LogP contribution in [0.2, 0.25) is 0 Å². The number of amides is 1. The van der Waals surface area contributed by atoms with Crippen LogP contribution in [-0.2, 0) is 21.4 Å². The Kier molecular flexibility index (Phi) is 5.01. The summed E-state index contributed by atoms with van der Waals surface area (Å²) in [5.41, 5.74) is 0.726. The number of aryl methyl sites for hydroxylation is 1. The predicted molar refractivity (Wildman–Crippen MR) is 107 cm³/mol. The fraction of sp³-hybridized carbons (Fsp3) is 0.167. The number of nitrogens with one attached hydrogen (secondary N) is 1. The Morgan fingerprint density at radius 1 is 1.24 bits per heavy atom. The molecule has 9 nitrogen and oxygen atoms in total. The molecule has 1 aromatic heterocycles. The van der Waals surface area contributed by atoms with Gasteiger partial charge in [-0.2, -0.15) is 4.98 Å². The Bertz CT molecular complexity index is 1190. The zero-order valence-corrected chi connectivity index (χ0v) is 17.5. The molecule has 0 fully saturated rings. The van der Waals surface area contributed by atoms with Crippen molar-refractivity contribution in [2.75, 3.05) is 16.2 Å². The minimum Gasteiger partial charge on any atom is -0.482 e. The summed E-state index contributed by atoms with van der Waals surface area (Å²) in [7, 11) is -3.89. The molecule has 0 unspecified atom stereocenters. The van der Waals surface area contributed by atoms with Crippen LogP contribution in [0.4, 0.5) is 11.4 Å². The third kappa shape index (κ3) is 4.10. The second-order valence-corrected chi connectivity index (χ2v) is 8.84. The van der Waals surface area contributed by atoms with Gasteiger partial charge in [0.15, 0.2) is 12.4 Å². The molecule has 1 aliphatic heterocycles. The van der Waals surface area contributed by atoms with E-state index in [1.807, 2.05) is 0 Å². The number of rotatable bonds is 5. The maximum atomic E-state index is 12.8. The molecule has 29 heavy (non-hydrogen) atoms. The average Bonchev–Trinajstić information content (AvgIpc) is 3.08. The molecule has 0 bridgehead atoms. The van der Waals surface area contributed by atoms with Gasteiger partial charge >= 0.3 is 0 Å². The molecule has 11 heteroatoms. The summed E-state index contributed by atoms with van der Waals surface area (Å²) in [5.74, 6) is 0.736. The average molecular weight is 479 g/mol. The van der Waals surface area contributed by atoms with Gasteiger partial charge in [-0.3, -0.25) is 14.4 Å². The van der Waals surface area contributed by atoms with Crippen molar-refractivity contribution in [3.63, 3.8) is 0 Å². The van der Waals surface area contributed by atoms with Crippen LogP contribution in [0.15, 0.2) is 56.4 Å². The number of hydrogen-bond acceptors (Lipinski definition) is 7. The third-order valence-electron chi connectivity index (χ3n) is 4.13. The zero-order valence-electron chi connectivity index (χ0n) is 15.1. The van der Waals surface area contributed by atoms with Gasteiger partial charge in [0.25, 0.3) is 15.9 Å². The minimum atomic E-state index is -3.89. The Hall–Kier alpha value is -2.92. The number of halogens is 1. The van der Waals surface area contributed by atoms with E-state index < -0.39 is 10.0 Å². The maximum absolute atomic E-state index is 12.8. The van der Waals surface area contributed by atoms with Crippen LogP contribution in [0.5, 0.6) is 5.75 Å². The number of aromatic nitrogens is 2. The lowest BCUT2D eigenvalue weighted by molar-refractivity contribution is -0.121. The Balaban J connectivity index is 1.68. The fourth-order valence-electron chi connectivity index (χ4n) is 2.84. The molecule has 0 radical (unpaired) electrons. The number of sulfonamides is 1. The van der Waals surface area contributed by atoms with E-state index in [-0.39, 0.29) is 24.0 Å². The molecule has 1 aliphatic rings. The van der Waals surface area contributed by atoms with E-state index in [4.69, 9.17) is 9.26 Å². The molecule has 3 aromatic rings. The molecule has 1 N–H and O–H groups in total. The van der Waals surface area contributed by atoms with Crippen molar-refractivity contribution in [1.82, 2.24) is 10.1 Å². The molecule has 0 saturated carbocycles. The zero-order chi connectivity index (χ0) is 20.6. The first-order valence-corrected chi connectivity index (χ1v) is 10.7. The lowest BCUT2D eigenvalue weighted by Gasteiger charge is -2.28. The smallest absolute Gasteiger partial charge is 0.265 e. The minimum absolute atomic E-state index is 0.0104. The number of anilines is 2. The summed E-state index contributed by atoms with van der Waals surface area (Å²) >= 11 is 3.31. The van der Waals surface area contributed by atoms with Crippen molar-refractivity contribution in [2.45, 2.75) is 18.4 Å². The van der Waals surface area contributed by atoms with E-state index in [1.165, 1.54) is 23.1 Å². The molecule has 0 saturated heterocycles. The van der Waals surface area contributed by atoms with Crippen molar-refractivity contribution in [3.8, 4) is 5.75 Å². The van der Waals surface area contributed by atoms with Crippen LogP contribution < -0.4 is 14.4 Å². The van der Waals surface area contributed by atoms with Crippen molar-refractivity contribution >= 4 is 43.2 Å². The first kappa shape index (κ1) is 19.4. The van der Waals surface area contributed by atoms with Gasteiger partial charge < -0.3 is 9.26 Å². The molecule has 2 aromatic carbocycles. The summed E-state index contributed by atoms with van der Waals surface area (Å²) < 4.78 is 39.3. The second kappa shape index (κ2) is 7.48. The monoisotopic (exact) mass is 478 g/mol. The van der Waals surface area contributed by atoms with Crippen LogP contribution in [0.1, 0.15) is 11.7 Å². The van der Waals surface area contributed by atoms with Gasteiger partial charge in [-0.25, -0.2) is 8.42 Å². The lowest BCUT2D eigenvalue weighted by Crippen LogP contribution is -2.38. The standard InChI is InChI=1S/C18H15BrN4O5S/c1-11-20-17(21-28-11)9-23-15-8-14(5-6-16(15)27-10-18(23)24)29(25,26)22-13-4-2-3-12(19)7-13/h2-8,22H,9-10H2,1H3. The second-order valence-electron chi connectivity index (χ2n) is 6.24. The van der Waals surface area contributed by atoms with Crippen LogP contribution in [-0.4, -0.2) is 31.1 Å². The summed E-state index contributed by atoms with van der Waals surface area (Å²) in [6.45, 7) is 1.52. The molecule has 2 heterocycles. The van der Waals surface area contributed by atoms with Crippen LogP contribution >= 0.6 is 15.9 Å². The molecule has 0 atom stereocenters. The highest BCUT2D eigenvalue weighted by atomic mass is 79.9. The summed E-state index contributed by atoms with van der Waals surface area (Å²) in [4.78, 5) is 17.9. The van der Waals surface area contributed by atoms with Crippen molar-refractivity contribution in [3.05, 3.63) is 58.7 Å². The molecular weight excluding hydrogens is 464 g/mol. The predicted octanol–water partition coefficient (Wildman–Crippen LogP) is 2.87. The molecule has 0 aliphatic carbocycles. The van der Waals surface area contributed by atoms with Crippen LogP contribution in [0.25, 0.3) is 0 Å². The van der Waals surface area contributed by atoms with E-state index in [1.54, 1.807) is 31.2 Å². The number of ether oxygens (including phenoxy) is 1. The fourth-order valence-corrected chi connectivity index (χ4v) is 4.30. The normalized spacial score (nSPS) is 13.7. The Labute approximate surface area is 174 Å². The van der Waals surface area contributed by atoms with Gasteiger partial charge in [0.2, 0.25) is 5.89 Å². The highest BCUT2D eigenvalue weighted by Gasteiger charge is 2.29. The van der Waals surface area contributed by atoms with Gasteiger partial charge in [-0.05, 0) is 36.4 Å². The molecule has 0 spiro atoms. The molecule has 4 rings (SSSR count). The molecular formula is C18H15BrN4O5S. The van der Waals surface area contributed by atoms with E-state index in [2.05, 4.69) is 30.8 Å². The number of hydrogen-bond donors (Lipinski definition) is 1. The number of carbonyl (C=O) groups excluding carboxylic acids is 1. The highest BCUT2D eigenvalue weighted by molar-refractivity contribution is 9.10.